The lowest BCUT2D eigenvalue weighted by atomic mass is 9.78. The van der Waals surface area contributed by atoms with Crippen LogP contribution in [0.25, 0.3) is 0 Å². The van der Waals surface area contributed by atoms with Gasteiger partial charge in [0, 0.05) is 11.4 Å². The Labute approximate surface area is 111 Å². The maximum absolute atomic E-state index is 3.53. The zero-order valence-electron chi connectivity index (χ0n) is 10.1. The standard InChI is InChI=1S/C13H20BrNS/c1-3-13(2)6-8-15(9-7-13)10-11-4-5-12(14)16-11/h4-5H,3,6-10H2,1-2H3. The molecule has 2 rings (SSSR count). The molecule has 0 amide bonds. The molecule has 2 heterocycles. The highest BCUT2D eigenvalue weighted by Gasteiger charge is 2.28. The summed E-state index contributed by atoms with van der Waals surface area (Å²) in [6, 6.07) is 4.39. The van der Waals surface area contributed by atoms with E-state index in [-0.39, 0.29) is 0 Å². The molecule has 0 bridgehead atoms. The summed E-state index contributed by atoms with van der Waals surface area (Å²) in [6.07, 6.45) is 4.04. The van der Waals surface area contributed by atoms with E-state index in [0.29, 0.717) is 5.41 Å². The molecule has 1 fully saturated rings. The van der Waals surface area contributed by atoms with E-state index >= 15 is 0 Å². The van der Waals surface area contributed by atoms with Crippen LogP contribution < -0.4 is 0 Å². The second-order valence-corrected chi connectivity index (χ2v) is 7.69. The lowest BCUT2D eigenvalue weighted by molar-refractivity contribution is 0.110. The van der Waals surface area contributed by atoms with Crippen molar-refractivity contribution in [2.45, 2.75) is 39.7 Å². The van der Waals surface area contributed by atoms with Crippen LogP contribution in [-0.4, -0.2) is 18.0 Å². The zero-order chi connectivity index (χ0) is 11.6. The lowest BCUT2D eigenvalue weighted by Gasteiger charge is -2.38. The first kappa shape index (κ1) is 12.6. The fourth-order valence-corrected chi connectivity index (χ4v) is 3.79. The van der Waals surface area contributed by atoms with E-state index in [9.17, 15) is 0 Å². The topological polar surface area (TPSA) is 3.24 Å². The molecule has 0 saturated carbocycles. The van der Waals surface area contributed by atoms with E-state index in [2.05, 4.69) is 46.8 Å². The first-order chi connectivity index (χ1) is 7.61. The quantitative estimate of drug-likeness (QED) is 0.793. The van der Waals surface area contributed by atoms with E-state index < -0.39 is 0 Å². The normalized spacial score (nSPS) is 21.2. The molecule has 16 heavy (non-hydrogen) atoms. The van der Waals surface area contributed by atoms with Gasteiger partial charge in [-0.25, -0.2) is 0 Å². The molecule has 0 aromatic carbocycles. The Bertz CT molecular complexity index is 339. The predicted molar refractivity (Wildman–Crippen MR) is 74.9 cm³/mol. The van der Waals surface area contributed by atoms with Gasteiger partial charge in [-0.2, -0.15) is 0 Å². The third-order valence-electron chi connectivity index (χ3n) is 3.93. The van der Waals surface area contributed by atoms with Gasteiger partial charge >= 0.3 is 0 Å². The predicted octanol–water partition coefficient (Wildman–Crippen LogP) is 4.52. The van der Waals surface area contributed by atoms with Crippen molar-refractivity contribution in [2.24, 2.45) is 5.41 Å². The number of likely N-dealkylation sites (tertiary alicyclic amines) is 1. The molecule has 0 spiro atoms. The molecule has 0 unspecified atom stereocenters. The summed E-state index contributed by atoms with van der Waals surface area (Å²) in [6.45, 7) is 8.42. The summed E-state index contributed by atoms with van der Waals surface area (Å²) < 4.78 is 1.25. The highest BCUT2D eigenvalue weighted by atomic mass is 79.9. The van der Waals surface area contributed by atoms with Crippen LogP contribution in [0.3, 0.4) is 0 Å². The number of nitrogens with zero attached hydrogens (tertiary/aromatic N) is 1. The summed E-state index contributed by atoms with van der Waals surface area (Å²) in [5.41, 5.74) is 0.604. The Morgan fingerprint density at radius 1 is 1.38 bits per heavy atom. The number of thiophene rings is 1. The Kier molecular flexibility index (Phi) is 4.09. The first-order valence-electron chi connectivity index (χ1n) is 6.08. The summed E-state index contributed by atoms with van der Waals surface area (Å²) in [5, 5.41) is 0. The van der Waals surface area contributed by atoms with E-state index in [1.807, 2.05) is 11.3 Å². The Hall–Kier alpha value is 0.140. The fourth-order valence-electron chi connectivity index (χ4n) is 2.26. The second kappa shape index (κ2) is 5.19. The molecule has 1 nitrogen and oxygen atoms in total. The number of hydrogen-bond donors (Lipinski definition) is 0. The van der Waals surface area contributed by atoms with Gasteiger partial charge in [0.05, 0.1) is 3.79 Å². The zero-order valence-corrected chi connectivity index (χ0v) is 12.5. The summed E-state index contributed by atoms with van der Waals surface area (Å²) in [7, 11) is 0. The first-order valence-corrected chi connectivity index (χ1v) is 7.69. The number of halogens is 1. The molecular weight excluding hydrogens is 282 g/mol. The third-order valence-corrected chi connectivity index (χ3v) is 5.53. The number of hydrogen-bond acceptors (Lipinski definition) is 2. The van der Waals surface area contributed by atoms with Crippen molar-refractivity contribution in [3.63, 3.8) is 0 Å². The van der Waals surface area contributed by atoms with Crippen LogP contribution >= 0.6 is 27.3 Å². The van der Waals surface area contributed by atoms with E-state index in [0.717, 1.165) is 6.54 Å². The van der Waals surface area contributed by atoms with Crippen LogP contribution in [0.4, 0.5) is 0 Å². The average Bonchev–Trinajstić information content (AvgIpc) is 2.68. The second-order valence-electron chi connectivity index (χ2n) is 5.15. The lowest BCUT2D eigenvalue weighted by Crippen LogP contribution is -2.37. The minimum absolute atomic E-state index is 0.604. The molecule has 0 atom stereocenters. The van der Waals surface area contributed by atoms with Crippen molar-refractivity contribution in [1.29, 1.82) is 0 Å². The summed E-state index contributed by atoms with van der Waals surface area (Å²) >= 11 is 5.39. The van der Waals surface area contributed by atoms with Crippen LogP contribution in [-0.2, 0) is 6.54 Å². The molecule has 1 aromatic rings. The molecule has 90 valence electrons. The Morgan fingerprint density at radius 3 is 2.56 bits per heavy atom. The van der Waals surface area contributed by atoms with Gasteiger partial charge in [-0.3, -0.25) is 4.90 Å². The van der Waals surface area contributed by atoms with Crippen molar-refractivity contribution in [3.8, 4) is 0 Å². The molecular formula is C13H20BrNS. The molecule has 3 heteroatoms. The highest BCUT2D eigenvalue weighted by Crippen LogP contribution is 2.34. The molecule has 0 N–H and O–H groups in total. The van der Waals surface area contributed by atoms with Gasteiger partial charge in [-0.15, -0.1) is 11.3 Å². The Morgan fingerprint density at radius 2 is 2.06 bits per heavy atom. The SMILES string of the molecule is CCC1(C)CCN(Cc2ccc(Br)s2)CC1. The molecule has 1 aliphatic rings. The molecule has 1 aliphatic heterocycles. The largest absolute Gasteiger partial charge is 0.298 e. The van der Waals surface area contributed by atoms with Gasteiger partial charge in [0.15, 0.2) is 0 Å². The minimum atomic E-state index is 0.604. The monoisotopic (exact) mass is 301 g/mol. The van der Waals surface area contributed by atoms with Crippen molar-refractivity contribution in [2.75, 3.05) is 13.1 Å². The van der Waals surface area contributed by atoms with Gasteiger partial charge in [0.25, 0.3) is 0 Å². The number of rotatable bonds is 3. The number of piperidine rings is 1. The van der Waals surface area contributed by atoms with Gasteiger partial charge in [-0.05, 0) is 59.4 Å². The Balaban J connectivity index is 1.86. The highest BCUT2D eigenvalue weighted by molar-refractivity contribution is 9.11. The van der Waals surface area contributed by atoms with Gasteiger partial charge in [-0.1, -0.05) is 20.3 Å². The van der Waals surface area contributed by atoms with Gasteiger partial charge < -0.3 is 0 Å². The summed E-state index contributed by atoms with van der Waals surface area (Å²) in [5.74, 6) is 0. The fraction of sp³-hybridized carbons (Fsp3) is 0.692. The smallest absolute Gasteiger partial charge is 0.0701 e. The van der Waals surface area contributed by atoms with Crippen LogP contribution in [0, 0.1) is 5.41 Å². The van der Waals surface area contributed by atoms with E-state index in [4.69, 9.17) is 0 Å². The van der Waals surface area contributed by atoms with Crippen LogP contribution in [0.5, 0.6) is 0 Å². The third kappa shape index (κ3) is 3.08. The maximum Gasteiger partial charge on any atom is 0.0701 e. The molecule has 1 aromatic heterocycles. The van der Waals surface area contributed by atoms with E-state index in [1.165, 1.54) is 41.0 Å². The van der Waals surface area contributed by atoms with Crippen molar-refractivity contribution >= 4 is 27.3 Å². The average molecular weight is 302 g/mol. The summed E-state index contributed by atoms with van der Waals surface area (Å²) in [4.78, 5) is 4.07. The minimum Gasteiger partial charge on any atom is -0.298 e. The van der Waals surface area contributed by atoms with Crippen LogP contribution in [0.1, 0.15) is 38.0 Å². The van der Waals surface area contributed by atoms with Crippen molar-refractivity contribution < 1.29 is 0 Å². The van der Waals surface area contributed by atoms with Crippen molar-refractivity contribution in [1.82, 2.24) is 4.90 Å². The van der Waals surface area contributed by atoms with Crippen LogP contribution in [0.15, 0.2) is 15.9 Å². The molecule has 0 radical (unpaired) electrons. The van der Waals surface area contributed by atoms with E-state index in [1.54, 1.807) is 0 Å². The van der Waals surface area contributed by atoms with Gasteiger partial charge in [0.1, 0.15) is 0 Å². The maximum atomic E-state index is 3.53. The molecule has 1 saturated heterocycles. The molecule has 0 aliphatic carbocycles. The van der Waals surface area contributed by atoms with Crippen molar-refractivity contribution in [3.05, 3.63) is 20.8 Å². The van der Waals surface area contributed by atoms with Crippen LogP contribution in [0.2, 0.25) is 0 Å². The van der Waals surface area contributed by atoms with Gasteiger partial charge in [0.2, 0.25) is 0 Å².